The Morgan fingerprint density at radius 3 is 2.65 bits per heavy atom. The lowest BCUT2D eigenvalue weighted by Crippen LogP contribution is -2.29. The van der Waals surface area contributed by atoms with Crippen LogP contribution in [0.5, 0.6) is 0 Å². The summed E-state index contributed by atoms with van der Waals surface area (Å²) in [6.45, 7) is 3.13. The number of halogens is 1. The molecule has 0 N–H and O–H groups in total. The van der Waals surface area contributed by atoms with E-state index in [0.717, 1.165) is 0 Å². The molecule has 0 aromatic heterocycles. The first-order chi connectivity index (χ1) is 7.89. The van der Waals surface area contributed by atoms with Crippen molar-refractivity contribution in [1.82, 2.24) is 0 Å². The third-order valence-electron chi connectivity index (χ3n) is 2.21. The molecule has 0 saturated heterocycles. The predicted octanol–water partition coefficient (Wildman–Crippen LogP) is 2.17. The summed E-state index contributed by atoms with van der Waals surface area (Å²) >= 11 is 3.19. The van der Waals surface area contributed by atoms with Crippen LogP contribution in [0.25, 0.3) is 0 Å². The Kier molecular flexibility index (Phi) is 4.70. The highest BCUT2D eigenvalue weighted by Crippen LogP contribution is 2.20. The van der Waals surface area contributed by atoms with Gasteiger partial charge in [-0.05, 0) is 32.0 Å². The molecule has 94 valence electrons. The van der Waals surface area contributed by atoms with Gasteiger partial charge in [0.1, 0.15) is 0 Å². The molecule has 0 radical (unpaired) electrons. The predicted molar refractivity (Wildman–Crippen MR) is 67.4 cm³/mol. The van der Waals surface area contributed by atoms with Gasteiger partial charge in [-0.3, -0.25) is 4.79 Å². The summed E-state index contributed by atoms with van der Waals surface area (Å²) in [5.41, 5.74) is 0. The molecule has 1 aromatic rings. The van der Waals surface area contributed by atoms with Crippen LogP contribution >= 0.6 is 15.9 Å². The zero-order chi connectivity index (χ0) is 13.1. The average molecular weight is 321 g/mol. The minimum atomic E-state index is -3.69. The smallest absolute Gasteiger partial charge is 0.324 e. The average Bonchev–Trinajstić information content (AvgIpc) is 2.28. The normalized spacial score (nSPS) is 13.1. The number of hydrogen-bond donors (Lipinski definition) is 0. The monoisotopic (exact) mass is 320 g/mol. The fourth-order valence-corrected chi connectivity index (χ4v) is 3.07. The third kappa shape index (κ3) is 3.29. The summed E-state index contributed by atoms with van der Waals surface area (Å²) in [4.78, 5) is 11.5. The topological polar surface area (TPSA) is 60.4 Å². The molecule has 0 spiro atoms. The van der Waals surface area contributed by atoms with E-state index in [1.54, 1.807) is 19.1 Å². The third-order valence-corrected chi connectivity index (χ3v) is 4.74. The second-order valence-electron chi connectivity index (χ2n) is 3.40. The highest BCUT2D eigenvalue weighted by atomic mass is 79.9. The molecule has 0 heterocycles. The maximum atomic E-state index is 12.1. The van der Waals surface area contributed by atoms with Gasteiger partial charge in [0.05, 0.1) is 11.5 Å². The Bertz CT molecular complexity index is 510. The minimum Gasteiger partial charge on any atom is -0.465 e. The van der Waals surface area contributed by atoms with Crippen molar-refractivity contribution in [1.29, 1.82) is 0 Å². The molecule has 6 heteroatoms. The van der Waals surface area contributed by atoms with Gasteiger partial charge in [0.25, 0.3) is 0 Å². The van der Waals surface area contributed by atoms with Crippen LogP contribution < -0.4 is 0 Å². The van der Waals surface area contributed by atoms with E-state index < -0.39 is 21.1 Å². The maximum Gasteiger partial charge on any atom is 0.324 e. The van der Waals surface area contributed by atoms with Crippen molar-refractivity contribution in [2.75, 3.05) is 6.61 Å². The quantitative estimate of drug-likeness (QED) is 0.798. The van der Waals surface area contributed by atoms with Crippen molar-refractivity contribution in [3.05, 3.63) is 28.7 Å². The van der Waals surface area contributed by atoms with Crippen LogP contribution in [0.2, 0.25) is 0 Å². The van der Waals surface area contributed by atoms with E-state index in [2.05, 4.69) is 15.9 Å². The molecule has 1 unspecified atom stereocenters. The van der Waals surface area contributed by atoms with Gasteiger partial charge in [0.15, 0.2) is 15.1 Å². The second-order valence-corrected chi connectivity index (χ2v) is 6.58. The Morgan fingerprint density at radius 2 is 2.12 bits per heavy atom. The number of sulfone groups is 1. The van der Waals surface area contributed by atoms with Crippen molar-refractivity contribution < 1.29 is 17.9 Å². The van der Waals surface area contributed by atoms with Crippen LogP contribution in [0, 0.1) is 0 Å². The van der Waals surface area contributed by atoms with Gasteiger partial charge < -0.3 is 4.74 Å². The SMILES string of the molecule is CCOC(=O)C(C)S(=O)(=O)c1cccc(Br)c1. The van der Waals surface area contributed by atoms with Crippen LogP contribution in [-0.2, 0) is 19.4 Å². The molecule has 4 nitrogen and oxygen atoms in total. The first kappa shape index (κ1) is 14.2. The highest BCUT2D eigenvalue weighted by molar-refractivity contribution is 9.10. The van der Waals surface area contributed by atoms with Crippen LogP contribution in [0.3, 0.4) is 0 Å². The fraction of sp³-hybridized carbons (Fsp3) is 0.364. The van der Waals surface area contributed by atoms with Gasteiger partial charge in [-0.25, -0.2) is 8.42 Å². The van der Waals surface area contributed by atoms with Gasteiger partial charge in [-0.1, -0.05) is 22.0 Å². The van der Waals surface area contributed by atoms with Crippen molar-refractivity contribution in [3.8, 4) is 0 Å². The van der Waals surface area contributed by atoms with E-state index >= 15 is 0 Å². The molecule has 1 atom stereocenters. The molecule has 1 rings (SSSR count). The molecule has 0 amide bonds. The molecule has 0 aliphatic rings. The summed E-state index contributed by atoms with van der Waals surface area (Å²) in [5.74, 6) is -0.729. The van der Waals surface area contributed by atoms with Gasteiger partial charge in [-0.15, -0.1) is 0 Å². The number of ether oxygens (including phenoxy) is 1. The summed E-state index contributed by atoms with van der Waals surface area (Å²) in [6.07, 6.45) is 0. The molecule has 1 aromatic carbocycles. The Morgan fingerprint density at radius 1 is 1.47 bits per heavy atom. The van der Waals surface area contributed by atoms with Crippen LogP contribution in [-0.4, -0.2) is 26.2 Å². The Hall–Kier alpha value is -0.880. The van der Waals surface area contributed by atoms with Crippen molar-refractivity contribution in [2.24, 2.45) is 0 Å². The van der Waals surface area contributed by atoms with Crippen molar-refractivity contribution >= 4 is 31.7 Å². The molecular weight excluding hydrogens is 308 g/mol. The fourth-order valence-electron chi connectivity index (χ4n) is 1.23. The van der Waals surface area contributed by atoms with E-state index in [1.807, 2.05) is 0 Å². The van der Waals surface area contributed by atoms with Gasteiger partial charge in [0, 0.05) is 4.47 Å². The lowest BCUT2D eigenvalue weighted by Gasteiger charge is -2.11. The molecule has 0 aliphatic carbocycles. The van der Waals surface area contributed by atoms with E-state index in [9.17, 15) is 13.2 Å². The molecular formula is C11H13BrO4S. The minimum absolute atomic E-state index is 0.104. The zero-order valence-corrected chi connectivity index (χ0v) is 11.9. The van der Waals surface area contributed by atoms with E-state index in [4.69, 9.17) is 4.74 Å². The lowest BCUT2D eigenvalue weighted by atomic mass is 10.4. The van der Waals surface area contributed by atoms with E-state index in [0.29, 0.717) is 4.47 Å². The number of carbonyl (C=O) groups is 1. The lowest BCUT2D eigenvalue weighted by molar-refractivity contribution is -0.142. The van der Waals surface area contributed by atoms with Crippen LogP contribution in [0.4, 0.5) is 0 Å². The maximum absolute atomic E-state index is 12.1. The number of rotatable bonds is 4. The molecule has 0 aliphatic heterocycles. The largest absolute Gasteiger partial charge is 0.465 e. The Labute approximate surface area is 109 Å². The van der Waals surface area contributed by atoms with Crippen LogP contribution in [0.1, 0.15) is 13.8 Å². The summed E-state index contributed by atoms with van der Waals surface area (Å²) < 4.78 is 29.5. The molecule has 17 heavy (non-hydrogen) atoms. The number of carbonyl (C=O) groups excluding carboxylic acids is 1. The van der Waals surface area contributed by atoms with E-state index in [1.165, 1.54) is 19.1 Å². The Balaban J connectivity index is 3.07. The summed E-state index contributed by atoms with van der Waals surface area (Å²) in [6, 6.07) is 6.24. The molecule has 0 fully saturated rings. The first-order valence-electron chi connectivity index (χ1n) is 5.05. The van der Waals surface area contributed by atoms with Crippen LogP contribution in [0.15, 0.2) is 33.6 Å². The number of benzene rings is 1. The summed E-state index contributed by atoms with van der Waals surface area (Å²) in [7, 11) is -3.69. The standard InChI is InChI=1S/C11H13BrO4S/c1-3-16-11(13)8(2)17(14,15)10-6-4-5-9(12)7-10/h4-8H,3H2,1-2H3. The van der Waals surface area contributed by atoms with Crippen molar-refractivity contribution in [2.45, 2.75) is 24.0 Å². The van der Waals surface area contributed by atoms with Gasteiger partial charge in [-0.2, -0.15) is 0 Å². The molecule has 0 saturated carbocycles. The van der Waals surface area contributed by atoms with Crippen molar-refractivity contribution in [3.63, 3.8) is 0 Å². The first-order valence-corrected chi connectivity index (χ1v) is 7.39. The van der Waals surface area contributed by atoms with E-state index in [-0.39, 0.29) is 11.5 Å². The van der Waals surface area contributed by atoms with Gasteiger partial charge in [0.2, 0.25) is 0 Å². The molecule has 0 bridgehead atoms. The zero-order valence-electron chi connectivity index (χ0n) is 9.51. The second kappa shape index (κ2) is 5.64. The number of hydrogen-bond acceptors (Lipinski definition) is 4. The number of esters is 1. The highest BCUT2D eigenvalue weighted by Gasteiger charge is 2.30. The van der Waals surface area contributed by atoms with Gasteiger partial charge >= 0.3 is 5.97 Å². The summed E-state index contributed by atoms with van der Waals surface area (Å²) in [5, 5.41) is -1.20.